The number of methoxy groups -OCH3 is 1. The van der Waals surface area contributed by atoms with Crippen molar-refractivity contribution in [3.05, 3.63) is 24.3 Å². The van der Waals surface area contributed by atoms with Gasteiger partial charge in [0.05, 0.1) is 6.10 Å². The first-order valence-electron chi connectivity index (χ1n) is 7.40. The lowest BCUT2D eigenvalue weighted by Crippen LogP contribution is -2.30. The van der Waals surface area contributed by atoms with Gasteiger partial charge in [0.15, 0.2) is 0 Å². The molecular weight excluding hydrogens is 252 g/mol. The second kappa shape index (κ2) is 7.29. The summed E-state index contributed by atoms with van der Waals surface area (Å²) in [7, 11) is 1.79. The van der Waals surface area contributed by atoms with E-state index in [2.05, 4.69) is 10.6 Å². The number of nitrogens with one attached hydrogen (secondary N) is 2. The molecule has 110 valence electrons. The first-order chi connectivity index (χ1) is 9.71. The predicted octanol–water partition coefficient (Wildman–Crippen LogP) is 3.40. The molecule has 1 aliphatic rings. The summed E-state index contributed by atoms with van der Waals surface area (Å²) in [5, 5.41) is 6.40. The van der Waals surface area contributed by atoms with Crippen molar-refractivity contribution in [2.45, 2.75) is 51.2 Å². The molecule has 0 heterocycles. The Labute approximate surface area is 120 Å². The Hall–Kier alpha value is -1.55. The van der Waals surface area contributed by atoms with E-state index in [0.717, 1.165) is 24.2 Å². The first kappa shape index (κ1) is 14.9. The van der Waals surface area contributed by atoms with Crippen LogP contribution in [0.25, 0.3) is 0 Å². The molecule has 1 aliphatic carbocycles. The minimum atomic E-state index is 0.0425. The Morgan fingerprint density at radius 1 is 1.25 bits per heavy atom. The highest BCUT2D eigenvalue weighted by Crippen LogP contribution is 2.24. The van der Waals surface area contributed by atoms with E-state index in [-0.39, 0.29) is 5.91 Å². The highest BCUT2D eigenvalue weighted by Gasteiger charge is 2.21. The maximum absolute atomic E-state index is 11.3. The maximum atomic E-state index is 11.3. The lowest BCUT2D eigenvalue weighted by atomic mass is 9.92. The highest BCUT2D eigenvalue weighted by atomic mass is 16.5. The van der Waals surface area contributed by atoms with Gasteiger partial charge < -0.3 is 15.4 Å². The van der Waals surface area contributed by atoms with Gasteiger partial charge in [-0.15, -0.1) is 0 Å². The first-order valence-corrected chi connectivity index (χ1v) is 7.40. The molecule has 4 heteroatoms. The largest absolute Gasteiger partial charge is 0.382 e. The van der Waals surface area contributed by atoms with E-state index in [1.54, 1.807) is 7.11 Å². The molecule has 0 saturated heterocycles. The number of ether oxygens (including phenoxy) is 1. The van der Waals surface area contributed by atoms with E-state index in [1.165, 1.54) is 12.8 Å². The lowest BCUT2D eigenvalue weighted by molar-refractivity contribution is -0.115. The Kier molecular flexibility index (Phi) is 5.41. The van der Waals surface area contributed by atoms with Crippen molar-refractivity contribution in [3.8, 4) is 0 Å². The van der Waals surface area contributed by atoms with Crippen LogP contribution in [0.4, 0.5) is 11.4 Å². The summed E-state index contributed by atoms with van der Waals surface area (Å²) in [4.78, 5) is 11.3. The van der Waals surface area contributed by atoms with Crippen molar-refractivity contribution in [1.29, 1.82) is 0 Å². The lowest BCUT2D eigenvalue weighted by Gasteiger charge is -2.29. The summed E-state index contributed by atoms with van der Waals surface area (Å²) in [6.07, 6.45) is 5.50. The van der Waals surface area contributed by atoms with E-state index in [4.69, 9.17) is 4.74 Å². The Bertz CT molecular complexity index is 431. The normalized spacial score (nSPS) is 22.3. The van der Waals surface area contributed by atoms with Crippen molar-refractivity contribution in [1.82, 2.24) is 0 Å². The molecule has 0 radical (unpaired) electrons. The molecule has 1 amide bonds. The van der Waals surface area contributed by atoms with Crippen molar-refractivity contribution in [3.63, 3.8) is 0 Å². The van der Waals surface area contributed by atoms with Gasteiger partial charge in [0.1, 0.15) is 0 Å². The number of rotatable bonds is 5. The van der Waals surface area contributed by atoms with Crippen molar-refractivity contribution < 1.29 is 9.53 Å². The Balaban J connectivity index is 1.88. The van der Waals surface area contributed by atoms with Crippen molar-refractivity contribution in [2.75, 3.05) is 17.7 Å². The Morgan fingerprint density at radius 2 is 1.95 bits per heavy atom. The second-order valence-electron chi connectivity index (χ2n) is 5.34. The molecule has 2 atom stereocenters. The molecule has 1 aromatic carbocycles. The monoisotopic (exact) mass is 276 g/mol. The van der Waals surface area contributed by atoms with E-state index in [1.807, 2.05) is 31.2 Å². The van der Waals surface area contributed by atoms with E-state index < -0.39 is 0 Å². The number of carbonyl (C=O) groups excluding carboxylic acids is 1. The van der Waals surface area contributed by atoms with Gasteiger partial charge in [0, 0.05) is 30.9 Å². The Morgan fingerprint density at radius 3 is 2.60 bits per heavy atom. The molecule has 1 aromatic rings. The molecule has 1 fully saturated rings. The molecule has 1 saturated carbocycles. The van der Waals surface area contributed by atoms with Crippen LogP contribution in [0.1, 0.15) is 39.0 Å². The van der Waals surface area contributed by atoms with Gasteiger partial charge in [0.2, 0.25) is 5.91 Å². The third-order valence-corrected chi connectivity index (χ3v) is 3.82. The fraction of sp³-hybridized carbons (Fsp3) is 0.562. The molecule has 20 heavy (non-hydrogen) atoms. The predicted molar refractivity (Wildman–Crippen MR) is 82.0 cm³/mol. The number of hydrogen-bond acceptors (Lipinski definition) is 3. The topological polar surface area (TPSA) is 50.4 Å². The van der Waals surface area contributed by atoms with Crippen molar-refractivity contribution in [2.24, 2.45) is 0 Å². The van der Waals surface area contributed by atoms with Crippen LogP contribution in [-0.4, -0.2) is 25.2 Å². The van der Waals surface area contributed by atoms with Crippen LogP contribution in [0, 0.1) is 0 Å². The second-order valence-corrected chi connectivity index (χ2v) is 5.34. The molecule has 4 nitrogen and oxygen atoms in total. The minimum absolute atomic E-state index is 0.0425. The maximum Gasteiger partial charge on any atom is 0.224 e. The molecule has 0 aliphatic heterocycles. The third kappa shape index (κ3) is 4.23. The average molecular weight is 276 g/mol. The zero-order valence-electron chi connectivity index (χ0n) is 12.3. The molecule has 2 unspecified atom stereocenters. The minimum Gasteiger partial charge on any atom is -0.382 e. The van der Waals surface area contributed by atoms with Crippen LogP contribution >= 0.6 is 0 Å². The van der Waals surface area contributed by atoms with Gasteiger partial charge in [-0.2, -0.15) is 0 Å². The van der Waals surface area contributed by atoms with Crippen LogP contribution in [0.2, 0.25) is 0 Å². The third-order valence-electron chi connectivity index (χ3n) is 3.82. The zero-order chi connectivity index (χ0) is 14.4. The van der Waals surface area contributed by atoms with Gasteiger partial charge in [-0.25, -0.2) is 0 Å². The summed E-state index contributed by atoms with van der Waals surface area (Å²) < 4.78 is 5.45. The molecule has 0 spiro atoms. The van der Waals surface area contributed by atoms with Gasteiger partial charge in [-0.3, -0.25) is 4.79 Å². The fourth-order valence-corrected chi connectivity index (χ4v) is 2.62. The summed E-state index contributed by atoms with van der Waals surface area (Å²) in [6.45, 7) is 1.85. The van der Waals surface area contributed by atoms with Gasteiger partial charge in [0.25, 0.3) is 0 Å². The summed E-state index contributed by atoms with van der Waals surface area (Å²) in [5.74, 6) is 0.0425. The smallest absolute Gasteiger partial charge is 0.224 e. The fourth-order valence-electron chi connectivity index (χ4n) is 2.62. The van der Waals surface area contributed by atoms with Crippen LogP contribution < -0.4 is 10.6 Å². The summed E-state index contributed by atoms with van der Waals surface area (Å²) >= 11 is 0. The molecule has 2 rings (SSSR count). The number of benzene rings is 1. The van der Waals surface area contributed by atoms with E-state index in [0.29, 0.717) is 18.6 Å². The zero-order valence-corrected chi connectivity index (χ0v) is 12.3. The van der Waals surface area contributed by atoms with Gasteiger partial charge >= 0.3 is 0 Å². The van der Waals surface area contributed by atoms with E-state index in [9.17, 15) is 4.79 Å². The number of carbonyl (C=O) groups is 1. The van der Waals surface area contributed by atoms with Crippen LogP contribution in [-0.2, 0) is 9.53 Å². The number of anilines is 2. The summed E-state index contributed by atoms with van der Waals surface area (Å²) in [5.41, 5.74) is 1.95. The standard InChI is InChI=1S/C16H24N2O2/c1-3-16(19)18-13-9-7-12(8-10-13)17-14-5-4-6-15(11-14)20-2/h7-10,14-15,17H,3-6,11H2,1-2H3,(H,18,19). The van der Waals surface area contributed by atoms with Gasteiger partial charge in [-0.1, -0.05) is 6.92 Å². The van der Waals surface area contributed by atoms with Crippen molar-refractivity contribution >= 4 is 17.3 Å². The highest BCUT2D eigenvalue weighted by molar-refractivity contribution is 5.90. The number of hydrogen-bond donors (Lipinski definition) is 2. The molecule has 0 bridgehead atoms. The quantitative estimate of drug-likeness (QED) is 0.866. The van der Waals surface area contributed by atoms with E-state index >= 15 is 0 Å². The van der Waals surface area contributed by atoms with Crippen LogP contribution in [0.15, 0.2) is 24.3 Å². The molecular formula is C16H24N2O2. The van der Waals surface area contributed by atoms with Crippen LogP contribution in [0.3, 0.4) is 0 Å². The molecule has 2 N–H and O–H groups in total. The van der Waals surface area contributed by atoms with Crippen LogP contribution in [0.5, 0.6) is 0 Å². The molecule has 0 aromatic heterocycles. The number of amides is 1. The summed E-state index contributed by atoms with van der Waals surface area (Å²) in [6, 6.07) is 8.38. The van der Waals surface area contributed by atoms with Gasteiger partial charge in [-0.05, 0) is 49.9 Å². The SMILES string of the molecule is CCC(=O)Nc1ccc(NC2CCCC(OC)C2)cc1. The average Bonchev–Trinajstić information content (AvgIpc) is 2.49.